The van der Waals surface area contributed by atoms with Crippen molar-refractivity contribution < 1.29 is 17.7 Å². The molecule has 23 aromatic rings. The molecule has 0 radical (unpaired) electrons. The molecule has 1 aliphatic rings. The molecular formula is C115H74N2O4. The van der Waals surface area contributed by atoms with Crippen LogP contribution < -0.4 is 9.80 Å². The molecule has 0 unspecified atom stereocenters. The lowest BCUT2D eigenvalue weighted by Gasteiger charge is -2.28. The zero-order valence-corrected chi connectivity index (χ0v) is 66.3. The summed E-state index contributed by atoms with van der Waals surface area (Å²) in [4.78, 5) is 4.73. The van der Waals surface area contributed by atoms with Crippen molar-refractivity contribution in [3.8, 4) is 100 Å². The number of para-hydroxylation sites is 6. The normalized spacial score (nSPS) is 12.4. The summed E-state index contributed by atoms with van der Waals surface area (Å²) in [6.45, 7) is 4.76. The standard InChI is InChI=1S/C115H74N2O4/c1-115(2)105-69-84(81-37-36-72-18-6-7-19-80(72)66-81)48-62-95(105)96-63-61-90(70-106(96)115)117(88-57-44-77(45-58-88)92-23-13-27-100-98-21-9-11-31-108(98)119-112(92)100)89-59-46-79(47-60-89)94-25-15-29-102-104-68-83(50-65-110(104)121-114(94)102)82-49-64-109-103(67-82)101-28-14-24-93(113(101)120-109)78-42-55-87(56-43-78)116(85-51-38-75(39-52-85)74-34-32-73(33-35-74)71-16-4-3-5-17-71)86-53-40-76(41-54-86)91-22-12-26-99-97-20-8-10-30-107(97)118-111(91)99/h3-70H,1-2H3. The van der Waals surface area contributed by atoms with E-state index in [2.05, 4.69) is 412 Å². The van der Waals surface area contributed by atoms with Crippen LogP contribution >= 0.6 is 0 Å². The lowest BCUT2D eigenvalue weighted by molar-refractivity contribution is 0.660. The van der Waals surface area contributed by atoms with Gasteiger partial charge in [-0.25, -0.2) is 0 Å². The van der Waals surface area contributed by atoms with Gasteiger partial charge >= 0.3 is 0 Å². The van der Waals surface area contributed by atoms with E-state index in [1.54, 1.807) is 0 Å². The Morgan fingerprint density at radius 1 is 0.174 bits per heavy atom. The summed E-state index contributed by atoms with van der Waals surface area (Å²) in [7, 11) is 0. The molecule has 0 amide bonds. The third kappa shape index (κ3) is 11.6. The number of fused-ring (bicyclic) bond motifs is 16. The minimum atomic E-state index is -0.276. The number of rotatable bonds is 14. The number of anilines is 6. The van der Waals surface area contributed by atoms with E-state index in [0.717, 1.165) is 189 Å². The van der Waals surface area contributed by atoms with E-state index in [1.165, 1.54) is 55.3 Å². The van der Waals surface area contributed by atoms with Gasteiger partial charge in [-0.1, -0.05) is 305 Å². The van der Waals surface area contributed by atoms with Crippen molar-refractivity contribution in [1.29, 1.82) is 0 Å². The van der Waals surface area contributed by atoms with Crippen molar-refractivity contribution in [2.24, 2.45) is 0 Å². The maximum Gasteiger partial charge on any atom is 0.143 e. The number of furan rings is 4. The Morgan fingerprint density at radius 3 is 0.909 bits per heavy atom. The van der Waals surface area contributed by atoms with Gasteiger partial charge in [0.05, 0.1) is 0 Å². The molecule has 0 bridgehead atoms. The van der Waals surface area contributed by atoms with Crippen molar-refractivity contribution >= 4 is 133 Å². The first-order valence-electron chi connectivity index (χ1n) is 41.5. The molecule has 0 spiro atoms. The molecule has 4 aromatic heterocycles. The number of benzene rings is 19. The second kappa shape index (κ2) is 27.7. The third-order valence-corrected chi connectivity index (χ3v) is 25.3. The summed E-state index contributed by atoms with van der Waals surface area (Å²) in [6, 6.07) is 149. The van der Waals surface area contributed by atoms with Crippen molar-refractivity contribution in [3.05, 3.63) is 424 Å². The molecule has 6 heteroatoms. The molecule has 24 rings (SSSR count). The van der Waals surface area contributed by atoms with E-state index in [9.17, 15) is 0 Å². The van der Waals surface area contributed by atoms with E-state index < -0.39 is 0 Å². The van der Waals surface area contributed by atoms with Gasteiger partial charge in [-0.3, -0.25) is 0 Å². The smallest absolute Gasteiger partial charge is 0.143 e. The maximum atomic E-state index is 6.95. The van der Waals surface area contributed by atoms with Gasteiger partial charge in [-0.15, -0.1) is 0 Å². The minimum Gasteiger partial charge on any atom is -0.455 e. The van der Waals surface area contributed by atoms with Gasteiger partial charge in [0.15, 0.2) is 0 Å². The van der Waals surface area contributed by atoms with E-state index in [-0.39, 0.29) is 5.41 Å². The first kappa shape index (κ1) is 69.5. The largest absolute Gasteiger partial charge is 0.455 e. The van der Waals surface area contributed by atoms with Crippen LogP contribution in [0.4, 0.5) is 34.1 Å². The van der Waals surface area contributed by atoms with Gasteiger partial charge in [0, 0.05) is 105 Å². The lowest BCUT2D eigenvalue weighted by atomic mass is 9.81. The highest BCUT2D eigenvalue weighted by Crippen LogP contribution is 2.53. The molecular weight excluding hydrogens is 1470 g/mol. The van der Waals surface area contributed by atoms with Crippen LogP contribution in [0.5, 0.6) is 0 Å². The number of hydrogen-bond donors (Lipinski definition) is 0. The van der Waals surface area contributed by atoms with Crippen LogP contribution in [-0.4, -0.2) is 0 Å². The Morgan fingerprint density at radius 2 is 0.463 bits per heavy atom. The summed E-state index contributed by atoms with van der Waals surface area (Å²) >= 11 is 0. The summed E-state index contributed by atoms with van der Waals surface area (Å²) < 4.78 is 27.0. The Bertz CT molecular complexity index is 8070. The maximum absolute atomic E-state index is 6.95. The minimum absolute atomic E-state index is 0.276. The van der Waals surface area contributed by atoms with Crippen LogP contribution in [0.15, 0.2) is 430 Å². The Hall–Kier alpha value is -15.8. The second-order valence-corrected chi connectivity index (χ2v) is 32.6. The molecule has 6 nitrogen and oxygen atoms in total. The van der Waals surface area contributed by atoms with Crippen molar-refractivity contribution in [3.63, 3.8) is 0 Å². The average molecular weight is 1550 g/mol. The molecule has 121 heavy (non-hydrogen) atoms. The van der Waals surface area contributed by atoms with Crippen LogP contribution in [0.1, 0.15) is 25.0 Å². The molecule has 0 saturated carbocycles. The molecule has 0 fully saturated rings. The molecule has 19 aromatic carbocycles. The zero-order chi connectivity index (χ0) is 80.0. The first-order chi connectivity index (χ1) is 59.7. The Labute approximate surface area is 698 Å². The van der Waals surface area contributed by atoms with Crippen LogP contribution in [0, 0.1) is 0 Å². The van der Waals surface area contributed by atoms with E-state index >= 15 is 0 Å². The molecule has 1 aliphatic carbocycles. The van der Waals surface area contributed by atoms with E-state index in [0.29, 0.717) is 0 Å². The Kier molecular flexibility index (Phi) is 15.9. The quantitative estimate of drug-likeness (QED) is 0.108. The van der Waals surface area contributed by atoms with Crippen LogP contribution in [-0.2, 0) is 5.41 Å². The van der Waals surface area contributed by atoms with Gasteiger partial charge in [-0.2, -0.15) is 0 Å². The summed E-state index contributed by atoms with van der Waals surface area (Å²) in [6.07, 6.45) is 0. The summed E-state index contributed by atoms with van der Waals surface area (Å²) in [5.41, 5.74) is 35.9. The Balaban J connectivity index is 0.536. The van der Waals surface area contributed by atoms with Crippen LogP contribution in [0.25, 0.3) is 199 Å². The van der Waals surface area contributed by atoms with Crippen LogP contribution in [0.2, 0.25) is 0 Å². The zero-order valence-electron chi connectivity index (χ0n) is 66.3. The summed E-state index contributed by atoms with van der Waals surface area (Å²) in [5.74, 6) is 0. The fraction of sp³-hybridized carbons (Fsp3) is 0.0261. The highest BCUT2D eigenvalue weighted by atomic mass is 16.3. The van der Waals surface area contributed by atoms with Crippen molar-refractivity contribution in [2.75, 3.05) is 9.80 Å². The van der Waals surface area contributed by atoms with E-state index in [4.69, 9.17) is 17.7 Å². The van der Waals surface area contributed by atoms with Gasteiger partial charge < -0.3 is 27.5 Å². The van der Waals surface area contributed by atoms with Crippen LogP contribution in [0.3, 0.4) is 0 Å². The predicted octanol–water partition coefficient (Wildman–Crippen LogP) is 33.0. The monoisotopic (exact) mass is 1550 g/mol. The SMILES string of the molecule is CC1(C)c2cc(-c3ccc4ccccc4c3)ccc2-c2ccc(N(c3ccc(-c4cccc5c4oc4ccccc45)cc3)c3ccc(-c4cccc5c4oc4ccc(-c6ccc7oc8c(-c9ccc(N(c%10ccc(-c%11ccc(-c%12ccccc%12)cc%11)cc%10)c%10ccc(-c%11cccc%12c%11oc%11ccccc%11%12)cc%10)cc9)cccc8c7c6)cc45)cc3)cc21. The third-order valence-electron chi connectivity index (χ3n) is 25.3. The van der Waals surface area contributed by atoms with Gasteiger partial charge in [0.2, 0.25) is 0 Å². The van der Waals surface area contributed by atoms with Crippen molar-refractivity contribution in [2.45, 2.75) is 19.3 Å². The molecule has 0 aliphatic heterocycles. The van der Waals surface area contributed by atoms with Gasteiger partial charge in [0.1, 0.15) is 44.7 Å². The number of nitrogens with zero attached hydrogens (tertiary/aromatic N) is 2. The highest BCUT2D eigenvalue weighted by molar-refractivity contribution is 6.15. The van der Waals surface area contributed by atoms with E-state index in [1.807, 2.05) is 24.3 Å². The fourth-order valence-corrected chi connectivity index (χ4v) is 19.1. The first-order valence-corrected chi connectivity index (χ1v) is 41.5. The molecule has 0 N–H and O–H groups in total. The molecule has 0 saturated heterocycles. The summed E-state index contributed by atoms with van der Waals surface area (Å²) in [5, 5.41) is 11.2. The van der Waals surface area contributed by atoms with Gasteiger partial charge in [-0.05, 0) is 221 Å². The second-order valence-electron chi connectivity index (χ2n) is 32.6. The average Bonchev–Trinajstić information content (AvgIpc) is 1.58. The highest BCUT2D eigenvalue weighted by Gasteiger charge is 2.37. The molecule has 4 heterocycles. The molecule has 568 valence electrons. The fourth-order valence-electron chi connectivity index (χ4n) is 19.1. The number of hydrogen-bond acceptors (Lipinski definition) is 6. The predicted molar refractivity (Wildman–Crippen MR) is 503 cm³/mol. The lowest BCUT2D eigenvalue weighted by Crippen LogP contribution is -2.16. The molecule has 0 atom stereocenters. The topological polar surface area (TPSA) is 59.0 Å². The van der Waals surface area contributed by atoms with Crippen molar-refractivity contribution in [1.82, 2.24) is 0 Å². The van der Waals surface area contributed by atoms with Gasteiger partial charge in [0.25, 0.3) is 0 Å².